The molecule has 1 atom stereocenters. The molecular weight excluding hydrogens is 282 g/mol. The van der Waals surface area contributed by atoms with Gasteiger partial charge in [-0.3, -0.25) is 9.79 Å². The highest BCUT2D eigenvalue weighted by molar-refractivity contribution is 8.00. The molecule has 2 aromatic carbocycles. The zero-order valence-electron chi connectivity index (χ0n) is 11.7. The van der Waals surface area contributed by atoms with Crippen molar-refractivity contribution in [2.45, 2.75) is 16.6 Å². The molecule has 0 amide bonds. The van der Waals surface area contributed by atoms with Gasteiger partial charge in [-0.1, -0.05) is 42.5 Å². The Balaban J connectivity index is 2.06. The minimum Gasteiger partial charge on any atom is -0.468 e. The average molecular weight is 297 g/mol. The van der Waals surface area contributed by atoms with Crippen LogP contribution in [0.5, 0.6) is 0 Å². The van der Waals surface area contributed by atoms with E-state index in [0.29, 0.717) is 6.42 Å². The molecule has 2 aromatic rings. The maximum Gasteiger partial charge on any atom is 0.319 e. The summed E-state index contributed by atoms with van der Waals surface area (Å²) in [5, 5.41) is -0.266. The van der Waals surface area contributed by atoms with Crippen LogP contribution in [0.3, 0.4) is 0 Å². The van der Waals surface area contributed by atoms with Crippen LogP contribution in [0.1, 0.15) is 12.0 Å². The van der Waals surface area contributed by atoms with E-state index in [-0.39, 0.29) is 11.2 Å². The number of methoxy groups -OCH3 is 1. The number of thioether (sulfide) groups is 1. The van der Waals surface area contributed by atoms with Crippen LogP contribution in [0.15, 0.2) is 64.5 Å². The first-order valence-electron chi connectivity index (χ1n) is 6.74. The predicted molar refractivity (Wildman–Crippen MR) is 85.4 cm³/mol. The number of hydrogen-bond acceptors (Lipinski definition) is 4. The van der Waals surface area contributed by atoms with Gasteiger partial charge in [0.15, 0.2) is 0 Å². The molecule has 106 valence electrons. The summed E-state index contributed by atoms with van der Waals surface area (Å²) in [4.78, 5) is 17.8. The molecule has 0 N–H and O–H groups in total. The summed E-state index contributed by atoms with van der Waals surface area (Å²) >= 11 is 1.52. The monoisotopic (exact) mass is 297 g/mol. The van der Waals surface area contributed by atoms with Gasteiger partial charge in [0.25, 0.3) is 0 Å². The van der Waals surface area contributed by atoms with Crippen molar-refractivity contribution in [3.05, 3.63) is 60.2 Å². The van der Waals surface area contributed by atoms with Crippen molar-refractivity contribution in [2.24, 2.45) is 4.99 Å². The molecule has 1 unspecified atom stereocenters. The zero-order chi connectivity index (χ0) is 14.7. The van der Waals surface area contributed by atoms with Gasteiger partial charge in [0.1, 0.15) is 5.25 Å². The first-order valence-corrected chi connectivity index (χ1v) is 7.62. The number of fused-ring (bicyclic) bond motifs is 1. The minimum absolute atomic E-state index is 0.208. The highest BCUT2D eigenvalue weighted by Gasteiger charge is 2.27. The van der Waals surface area contributed by atoms with Gasteiger partial charge < -0.3 is 4.74 Å². The molecule has 4 heteroatoms. The summed E-state index contributed by atoms with van der Waals surface area (Å²) in [5.74, 6) is -0.208. The summed E-state index contributed by atoms with van der Waals surface area (Å²) in [6.45, 7) is 0. The number of para-hydroxylation sites is 1. The Morgan fingerprint density at radius 2 is 1.86 bits per heavy atom. The summed E-state index contributed by atoms with van der Waals surface area (Å²) in [7, 11) is 1.43. The number of aliphatic imine (C=N–C) groups is 1. The van der Waals surface area contributed by atoms with Gasteiger partial charge in [-0.05, 0) is 17.7 Å². The maximum absolute atomic E-state index is 12.0. The number of carbonyl (C=O) groups excluding carboxylic acids is 1. The third-order valence-electron chi connectivity index (χ3n) is 3.34. The van der Waals surface area contributed by atoms with Crippen molar-refractivity contribution in [3.8, 4) is 0 Å². The van der Waals surface area contributed by atoms with Crippen LogP contribution < -0.4 is 0 Å². The molecule has 1 aliphatic heterocycles. The number of esters is 1. The van der Waals surface area contributed by atoms with Crippen molar-refractivity contribution in [1.82, 2.24) is 0 Å². The molecule has 0 saturated heterocycles. The Bertz CT molecular complexity index is 682. The Morgan fingerprint density at radius 1 is 1.14 bits per heavy atom. The lowest BCUT2D eigenvalue weighted by atomic mass is 10.1. The highest BCUT2D eigenvalue weighted by atomic mass is 32.2. The standard InChI is InChI=1S/C17H15NO2S/c1-20-17(19)16-11-14(12-7-3-2-4-8-12)18-13-9-5-6-10-15(13)21-16/h2-10,16H,11H2,1H3. The van der Waals surface area contributed by atoms with Crippen molar-refractivity contribution in [3.63, 3.8) is 0 Å². The molecule has 0 aromatic heterocycles. The lowest BCUT2D eigenvalue weighted by Crippen LogP contribution is -2.22. The fourth-order valence-corrected chi connectivity index (χ4v) is 3.42. The third kappa shape index (κ3) is 3.00. The van der Waals surface area contributed by atoms with Gasteiger partial charge in [-0.2, -0.15) is 0 Å². The third-order valence-corrected chi connectivity index (χ3v) is 4.58. The van der Waals surface area contributed by atoms with E-state index in [1.54, 1.807) is 0 Å². The lowest BCUT2D eigenvalue weighted by molar-refractivity contribution is -0.139. The predicted octanol–water partition coefficient (Wildman–Crippen LogP) is 3.84. The molecule has 0 radical (unpaired) electrons. The first kappa shape index (κ1) is 13.9. The molecule has 3 nitrogen and oxygen atoms in total. The quantitative estimate of drug-likeness (QED) is 0.790. The van der Waals surface area contributed by atoms with Crippen LogP contribution in [0.25, 0.3) is 0 Å². The largest absolute Gasteiger partial charge is 0.468 e. The Labute approximate surface area is 128 Å². The first-order chi connectivity index (χ1) is 10.3. The van der Waals surface area contributed by atoms with Crippen LogP contribution in [-0.2, 0) is 9.53 Å². The summed E-state index contributed by atoms with van der Waals surface area (Å²) in [5.41, 5.74) is 2.87. The second kappa shape index (κ2) is 6.14. The molecular formula is C17H15NO2S. The van der Waals surface area contributed by atoms with E-state index in [9.17, 15) is 4.79 Å². The van der Waals surface area contributed by atoms with Crippen molar-refractivity contribution >= 4 is 29.1 Å². The fourth-order valence-electron chi connectivity index (χ4n) is 2.29. The molecule has 1 heterocycles. The number of hydrogen-bond donors (Lipinski definition) is 0. The van der Waals surface area contributed by atoms with E-state index in [2.05, 4.69) is 0 Å². The SMILES string of the molecule is COC(=O)C1CC(c2ccccc2)=Nc2ccccc2S1. The zero-order valence-corrected chi connectivity index (χ0v) is 12.5. The second-order valence-corrected chi connectivity index (χ2v) is 5.97. The lowest BCUT2D eigenvalue weighted by Gasteiger charge is -2.12. The summed E-state index contributed by atoms with van der Waals surface area (Å²) in [6, 6.07) is 17.9. The van der Waals surface area contributed by atoms with Crippen LogP contribution in [0.2, 0.25) is 0 Å². The van der Waals surface area contributed by atoms with Gasteiger partial charge >= 0.3 is 5.97 Å². The number of nitrogens with zero attached hydrogens (tertiary/aromatic N) is 1. The van der Waals surface area contributed by atoms with Crippen molar-refractivity contribution in [2.75, 3.05) is 7.11 Å². The minimum atomic E-state index is -0.266. The molecule has 0 saturated carbocycles. The molecule has 0 aliphatic carbocycles. The second-order valence-electron chi connectivity index (χ2n) is 4.73. The van der Waals surface area contributed by atoms with E-state index >= 15 is 0 Å². The number of benzene rings is 2. The smallest absolute Gasteiger partial charge is 0.319 e. The fraction of sp³-hybridized carbons (Fsp3) is 0.176. The van der Waals surface area contributed by atoms with Gasteiger partial charge in [0, 0.05) is 11.3 Å². The van der Waals surface area contributed by atoms with Crippen LogP contribution in [0.4, 0.5) is 5.69 Å². The van der Waals surface area contributed by atoms with Gasteiger partial charge in [-0.25, -0.2) is 0 Å². The van der Waals surface area contributed by atoms with Gasteiger partial charge in [0.2, 0.25) is 0 Å². The summed E-state index contributed by atoms with van der Waals surface area (Å²) < 4.78 is 4.93. The van der Waals surface area contributed by atoms with Crippen LogP contribution in [0, 0.1) is 0 Å². The maximum atomic E-state index is 12.0. The van der Waals surface area contributed by atoms with E-state index in [4.69, 9.17) is 9.73 Å². The number of ether oxygens (including phenoxy) is 1. The topological polar surface area (TPSA) is 38.7 Å². The van der Waals surface area contributed by atoms with E-state index in [1.165, 1.54) is 18.9 Å². The van der Waals surface area contributed by atoms with Gasteiger partial charge in [-0.15, -0.1) is 11.8 Å². The molecule has 0 fully saturated rings. The Morgan fingerprint density at radius 3 is 2.62 bits per heavy atom. The van der Waals surface area contributed by atoms with Crippen LogP contribution >= 0.6 is 11.8 Å². The van der Waals surface area contributed by atoms with E-state index in [1.807, 2.05) is 54.6 Å². The van der Waals surface area contributed by atoms with Crippen LogP contribution in [-0.4, -0.2) is 24.0 Å². The number of carbonyl (C=O) groups is 1. The molecule has 21 heavy (non-hydrogen) atoms. The van der Waals surface area contributed by atoms with Crippen molar-refractivity contribution < 1.29 is 9.53 Å². The molecule has 1 aliphatic rings. The molecule has 3 rings (SSSR count). The molecule has 0 spiro atoms. The highest BCUT2D eigenvalue weighted by Crippen LogP contribution is 2.38. The molecule has 0 bridgehead atoms. The Kier molecular flexibility index (Phi) is 4.06. The van der Waals surface area contributed by atoms with E-state index in [0.717, 1.165) is 21.9 Å². The number of rotatable bonds is 2. The normalized spacial score (nSPS) is 17.4. The van der Waals surface area contributed by atoms with Crippen molar-refractivity contribution in [1.29, 1.82) is 0 Å². The van der Waals surface area contributed by atoms with E-state index < -0.39 is 0 Å². The van der Waals surface area contributed by atoms with Gasteiger partial charge in [0.05, 0.1) is 18.5 Å². The summed E-state index contributed by atoms with van der Waals surface area (Å²) in [6.07, 6.45) is 0.566. The Hall–Kier alpha value is -2.07. The average Bonchev–Trinajstić information content (AvgIpc) is 2.74.